The van der Waals surface area contributed by atoms with Gasteiger partial charge in [0.15, 0.2) is 0 Å². The summed E-state index contributed by atoms with van der Waals surface area (Å²) in [6, 6.07) is 6.58. The summed E-state index contributed by atoms with van der Waals surface area (Å²) in [5.41, 5.74) is 2.15. The molecule has 1 amide bonds. The average molecular weight is 276 g/mol. The number of benzene rings is 1. The van der Waals surface area contributed by atoms with Crippen molar-refractivity contribution in [2.24, 2.45) is 0 Å². The van der Waals surface area contributed by atoms with E-state index in [-0.39, 0.29) is 5.91 Å². The van der Waals surface area contributed by atoms with E-state index in [1.807, 2.05) is 0 Å². The van der Waals surface area contributed by atoms with Gasteiger partial charge in [0.2, 0.25) is 0 Å². The van der Waals surface area contributed by atoms with E-state index in [4.69, 9.17) is 0 Å². The van der Waals surface area contributed by atoms with Gasteiger partial charge in [-0.1, -0.05) is 6.07 Å². The Hall–Kier alpha value is -2.21. The van der Waals surface area contributed by atoms with Crippen molar-refractivity contribution >= 4 is 29.1 Å². The van der Waals surface area contributed by atoms with Gasteiger partial charge in [-0.05, 0) is 36.7 Å². The Morgan fingerprint density at radius 3 is 2.79 bits per heavy atom. The second-order valence-electron chi connectivity index (χ2n) is 3.84. The van der Waals surface area contributed by atoms with Crippen molar-refractivity contribution in [3.63, 3.8) is 0 Å². The molecule has 1 aromatic carbocycles. The number of ether oxygens (including phenoxy) is 1. The molecule has 0 radical (unpaired) electrons. The lowest BCUT2D eigenvalue weighted by atomic mass is 10.2. The van der Waals surface area contributed by atoms with E-state index < -0.39 is 5.97 Å². The third kappa shape index (κ3) is 2.97. The molecule has 0 bridgehead atoms. The summed E-state index contributed by atoms with van der Waals surface area (Å²) in [6.07, 6.45) is 0. The van der Waals surface area contributed by atoms with Crippen LogP contribution in [0, 0.1) is 6.92 Å². The third-order valence-electron chi connectivity index (χ3n) is 2.54. The van der Waals surface area contributed by atoms with Gasteiger partial charge in [0.25, 0.3) is 5.91 Å². The highest BCUT2D eigenvalue weighted by molar-refractivity contribution is 7.04. The highest BCUT2D eigenvalue weighted by Crippen LogP contribution is 2.15. The second-order valence-corrected chi connectivity index (χ2v) is 4.47. The molecule has 0 aliphatic carbocycles. The zero-order chi connectivity index (χ0) is 13.8. The van der Waals surface area contributed by atoms with Crippen LogP contribution in [0.25, 0.3) is 0 Å². The number of methoxy groups -OCH3 is 1. The van der Waals surface area contributed by atoms with Crippen LogP contribution >= 0.6 is 11.5 Å². The molecule has 0 spiro atoms. The van der Waals surface area contributed by atoms with Gasteiger partial charge in [-0.25, -0.2) is 4.79 Å². The summed E-state index contributed by atoms with van der Waals surface area (Å²) in [5.74, 6) is -0.683. The van der Waals surface area contributed by atoms with Gasteiger partial charge in [-0.3, -0.25) is 4.79 Å². The quantitative estimate of drug-likeness (QED) is 0.874. The van der Waals surface area contributed by atoms with E-state index in [0.717, 1.165) is 0 Å². The molecule has 0 aliphatic heterocycles. The van der Waals surface area contributed by atoms with Crippen LogP contribution in [0.15, 0.2) is 29.6 Å². The van der Waals surface area contributed by atoms with Crippen molar-refractivity contribution in [3.05, 3.63) is 46.5 Å². The zero-order valence-corrected chi connectivity index (χ0v) is 11.3. The molecule has 1 N–H and O–H groups in total. The van der Waals surface area contributed by atoms with Crippen molar-refractivity contribution in [2.75, 3.05) is 12.4 Å². The minimum atomic E-state index is -0.440. The maximum absolute atomic E-state index is 12.0. The van der Waals surface area contributed by atoms with E-state index in [1.54, 1.807) is 36.6 Å². The number of esters is 1. The lowest BCUT2D eigenvalue weighted by Gasteiger charge is -2.06. The molecule has 98 valence electrons. The second kappa shape index (κ2) is 5.62. The minimum Gasteiger partial charge on any atom is -0.465 e. The fourth-order valence-corrected chi connectivity index (χ4v) is 2.24. The number of hydrogen-bond acceptors (Lipinski definition) is 5. The van der Waals surface area contributed by atoms with Gasteiger partial charge in [0.1, 0.15) is 0 Å². The van der Waals surface area contributed by atoms with E-state index in [0.29, 0.717) is 22.5 Å². The highest BCUT2D eigenvalue weighted by atomic mass is 32.1. The lowest BCUT2D eigenvalue weighted by molar-refractivity contribution is 0.0600. The molecule has 1 heterocycles. The number of rotatable bonds is 3. The summed E-state index contributed by atoms with van der Waals surface area (Å²) in [4.78, 5) is 23.4. The maximum Gasteiger partial charge on any atom is 0.337 e. The van der Waals surface area contributed by atoms with Crippen molar-refractivity contribution in [1.29, 1.82) is 0 Å². The van der Waals surface area contributed by atoms with Gasteiger partial charge in [0, 0.05) is 11.1 Å². The Bertz CT molecular complexity index is 622. The third-order valence-corrected chi connectivity index (χ3v) is 3.26. The van der Waals surface area contributed by atoms with Crippen LogP contribution in [0.2, 0.25) is 0 Å². The Labute approximate surface area is 114 Å². The van der Waals surface area contributed by atoms with E-state index in [9.17, 15) is 9.59 Å². The van der Waals surface area contributed by atoms with Crippen molar-refractivity contribution in [3.8, 4) is 0 Å². The number of nitrogens with zero attached hydrogens (tertiary/aromatic N) is 1. The number of aromatic nitrogens is 1. The van der Waals surface area contributed by atoms with Crippen LogP contribution in [-0.4, -0.2) is 23.4 Å². The molecular weight excluding hydrogens is 264 g/mol. The summed E-state index contributed by atoms with van der Waals surface area (Å²) in [6.45, 7) is 1.77. The Morgan fingerprint density at radius 1 is 1.37 bits per heavy atom. The summed E-state index contributed by atoms with van der Waals surface area (Å²) < 4.78 is 8.67. The smallest absolute Gasteiger partial charge is 0.337 e. The molecule has 19 heavy (non-hydrogen) atoms. The predicted octanol–water partition coefficient (Wildman–Crippen LogP) is 2.49. The molecule has 2 rings (SSSR count). The number of amides is 1. The Kier molecular flexibility index (Phi) is 3.91. The molecular formula is C13H12N2O3S. The van der Waals surface area contributed by atoms with Crippen LogP contribution < -0.4 is 5.32 Å². The zero-order valence-electron chi connectivity index (χ0n) is 10.5. The highest BCUT2D eigenvalue weighted by Gasteiger charge is 2.12. The van der Waals surface area contributed by atoms with Crippen LogP contribution in [0.5, 0.6) is 0 Å². The Balaban J connectivity index is 2.18. The molecule has 5 nitrogen and oxygen atoms in total. The number of aryl methyl sites for hydroxylation is 1. The predicted molar refractivity (Wildman–Crippen MR) is 72.6 cm³/mol. The lowest BCUT2D eigenvalue weighted by Crippen LogP contribution is -2.13. The standard InChI is InChI=1S/C13H12N2O3S/c1-8-11(7-19-15-8)12(16)14-10-5-3-4-9(6-10)13(17)18-2/h3-7H,1-2H3,(H,14,16). The van der Waals surface area contributed by atoms with E-state index in [1.165, 1.54) is 18.6 Å². The Morgan fingerprint density at radius 2 is 2.16 bits per heavy atom. The van der Waals surface area contributed by atoms with Crippen molar-refractivity contribution < 1.29 is 14.3 Å². The van der Waals surface area contributed by atoms with Gasteiger partial charge in [0.05, 0.1) is 23.9 Å². The van der Waals surface area contributed by atoms with Crippen LogP contribution in [0.1, 0.15) is 26.4 Å². The number of hydrogen-bond donors (Lipinski definition) is 1. The fourth-order valence-electron chi connectivity index (χ4n) is 1.55. The molecule has 0 fully saturated rings. The SMILES string of the molecule is COC(=O)c1cccc(NC(=O)c2csnc2C)c1. The molecule has 0 saturated carbocycles. The molecule has 0 aliphatic rings. The fraction of sp³-hybridized carbons (Fsp3) is 0.154. The molecule has 0 unspecified atom stereocenters. The minimum absolute atomic E-state index is 0.242. The normalized spacial score (nSPS) is 10.0. The molecule has 0 atom stereocenters. The topological polar surface area (TPSA) is 68.3 Å². The van der Waals surface area contributed by atoms with Crippen LogP contribution in [0.4, 0.5) is 5.69 Å². The maximum atomic E-state index is 12.0. The molecule has 1 aromatic heterocycles. The number of carbonyl (C=O) groups is 2. The molecule has 0 saturated heterocycles. The van der Waals surface area contributed by atoms with Crippen LogP contribution in [0.3, 0.4) is 0 Å². The summed E-state index contributed by atoms with van der Waals surface area (Å²) in [7, 11) is 1.31. The number of nitrogens with one attached hydrogen (secondary N) is 1. The first-order chi connectivity index (χ1) is 9.11. The number of anilines is 1. The van der Waals surface area contributed by atoms with Gasteiger partial charge >= 0.3 is 5.97 Å². The number of carbonyl (C=O) groups excluding carboxylic acids is 2. The van der Waals surface area contributed by atoms with Gasteiger partial charge in [-0.15, -0.1) is 0 Å². The van der Waals surface area contributed by atoms with Crippen molar-refractivity contribution in [2.45, 2.75) is 6.92 Å². The summed E-state index contributed by atoms with van der Waals surface area (Å²) in [5, 5.41) is 4.41. The van der Waals surface area contributed by atoms with Crippen molar-refractivity contribution in [1.82, 2.24) is 4.37 Å². The van der Waals surface area contributed by atoms with E-state index in [2.05, 4.69) is 14.4 Å². The van der Waals surface area contributed by atoms with E-state index >= 15 is 0 Å². The molecule has 2 aromatic rings. The first-order valence-corrected chi connectivity index (χ1v) is 6.36. The average Bonchev–Trinajstić information content (AvgIpc) is 2.84. The summed E-state index contributed by atoms with van der Waals surface area (Å²) >= 11 is 1.23. The van der Waals surface area contributed by atoms with Crippen LogP contribution in [-0.2, 0) is 4.74 Å². The molecule has 6 heteroatoms. The first kappa shape index (κ1) is 13.2. The van der Waals surface area contributed by atoms with Gasteiger partial charge in [-0.2, -0.15) is 4.37 Å². The first-order valence-electron chi connectivity index (χ1n) is 5.52. The largest absolute Gasteiger partial charge is 0.465 e. The van der Waals surface area contributed by atoms with Gasteiger partial charge < -0.3 is 10.1 Å². The monoisotopic (exact) mass is 276 g/mol.